The lowest BCUT2D eigenvalue weighted by Crippen LogP contribution is -2.22. The maximum Gasteiger partial charge on any atom is 0.228 e. The molecule has 1 aromatic carbocycles. The molecule has 0 unspecified atom stereocenters. The average molecular weight is 258 g/mol. The molecule has 98 valence electrons. The molecule has 1 aromatic rings. The van der Waals surface area contributed by atoms with E-state index in [4.69, 9.17) is 9.47 Å². The van der Waals surface area contributed by atoms with E-state index in [1.807, 2.05) is 30.3 Å². The Kier molecular flexibility index (Phi) is 3.80. The van der Waals surface area contributed by atoms with Gasteiger partial charge in [-0.3, -0.25) is 9.59 Å². The summed E-state index contributed by atoms with van der Waals surface area (Å²) in [5.74, 6) is -0.710. The number of benzene rings is 1. The third-order valence-electron chi connectivity index (χ3n) is 2.88. The van der Waals surface area contributed by atoms with Gasteiger partial charge in [-0.25, -0.2) is 0 Å². The first-order valence-electron chi connectivity index (χ1n) is 5.83. The molecule has 2 rings (SSSR count). The highest BCUT2D eigenvalue weighted by Crippen LogP contribution is 2.22. The van der Waals surface area contributed by atoms with Crippen LogP contribution in [0.25, 0.3) is 0 Å². The summed E-state index contributed by atoms with van der Waals surface area (Å²) in [6.07, 6.45) is 1.71. The van der Waals surface area contributed by atoms with Crippen molar-refractivity contribution in [3.8, 4) is 0 Å². The van der Waals surface area contributed by atoms with Crippen LogP contribution in [0.4, 0.5) is 0 Å². The van der Waals surface area contributed by atoms with Gasteiger partial charge in [0.25, 0.3) is 0 Å². The zero-order valence-electron chi connectivity index (χ0n) is 10.8. The molecule has 0 fully saturated rings. The van der Waals surface area contributed by atoms with Crippen LogP contribution in [-0.2, 0) is 25.5 Å². The summed E-state index contributed by atoms with van der Waals surface area (Å²) in [7, 11) is 2.69. The van der Waals surface area contributed by atoms with Crippen molar-refractivity contribution >= 4 is 11.6 Å². The van der Waals surface area contributed by atoms with Gasteiger partial charge in [0.1, 0.15) is 0 Å². The van der Waals surface area contributed by atoms with Crippen LogP contribution in [-0.4, -0.2) is 25.8 Å². The van der Waals surface area contributed by atoms with Gasteiger partial charge in [-0.15, -0.1) is 0 Å². The van der Waals surface area contributed by atoms with Gasteiger partial charge < -0.3 is 9.47 Å². The van der Waals surface area contributed by atoms with E-state index in [2.05, 4.69) is 0 Å². The summed E-state index contributed by atoms with van der Waals surface area (Å²) in [5.41, 5.74) is 1.38. The SMILES string of the molecule is COC1=C(OC)C(=O)C(Cc2ccccc2)=CC1=O. The van der Waals surface area contributed by atoms with Crippen LogP contribution in [0.15, 0.2) is 53.5 Å². The second-order valence-electron chi connectivity index (χ2n) is 4.09. The number of ketones is 2. The molecule has 0 saturated carbocycles. The summed E-state index contributed by atoms with van der Waals surface area (Å²) < 4.78 is 9.90. The fourth-order valence-electron chi connectivity index (χ4n) is 1.98. The third-order valence-corrected chi connectivity index (χ3v) is 2.88. The largest absolute Gasteiger partial charge is 0.490 e. The second kappa shape index (κ2) is 5.52. The molecular weight excluding hydrogens is 244 g/mol. The number of carbonyl (C=O) groups is 2. The minimum Gasteiger partial charge on any atom is -0.490 e. The van der Waals surface area contributed by atoms with E-state index in [9.17, 15) is 9.59 Å². The van der Waals surface area contributed by atoms with Crippen LogP contribution in [0.2, 0.25) is 0 Å². The molecule has 4 heteroatoms. The summed E-state index contributed by atoms with van der Waals surface area (Å²) in [4.78, 5) is 24.0. The normalized spacial score (nSPS) is 15.4. The average Bonchev–Trinajstić information content (AvgIpc) is 2.43. The standard InChI is InChI=1S/C15H14O4/c1-18-14-12(16)9-11(13(17)15(14)19-2)8-10-6-4-3-5-7-10/h3-7,9H,8H2,1-2H3. The van der Waals surface area contributed by atoms with Crippen LogP contribution < -0.4 is 0 Å². The third kappa shape index (κ3) is 2.57. The number of hydrogen-bond donors (Lipinski definition) is 0. The monoisotopic (exact) mass is 258 g/mol. The number of hydrogen-bond acceptors (Lipinski definition) is 4. The minimum atomic E-state index is -0.343. The van der Waals surface area contributed by atoms with E-state index in [1.165, 1.54) is 20.3 Å². The summed E-state index contributed by atoms with van der Waals surface area (Å²) >= 11 is 0. The zero-order valence-corrected chi connectivity index (χ0v) is 10.8. The number of Topliss-reactive ketones (excluding diaryl/α,β-unsaturated/α-hetero) is 1. The Bertz CT molecular complexity index is 567. The predicted octanol–water partition coefficient (Wildman–Crippen LogP) is 1.81. The van der Waals surface area contributed by atoms with Gasteiger partial charge in [-0.2, -0.15) is 0 Å². The van der Waals surface area contributed by atoms with Crippen molar-refractivity contribution < 1.29 is 19.1 Å². The van der Waals surface area contributed by atoms with E-state index in [-0.39, 0.29) is 23.1 Å². The Hall–Kier alpha value is -2.36. The van der Waals surface area contributed by atoms with Crippen molar-refractivity contribution in [3.05, 3.63) is 59.1 Å². The predicted molar refractivity (Wildman–Crippen MR) is 69.3 cm³/mol. The van der Waals surface area contributed by atoms with E-state index in [1.54, 1.807) is 0 Å². The fourth-order valence-corrected chi connectivity index (χ4v) is 1.98. The van der Waals surface area contributed by atoms with E-state index < -0.39 is 0 Å². The Morgan fingerprint density at radius 1 is 0.947 bits per heavy atom. The molecule has 0 heterocycles. The van der Waals surface area contributed by atoms with Gasteiger partial charge in [0, 0.05) is 12.0 Å². The van der Waals surface area contributed by atoms with Crippen LogP contribution >= 0.6 is 0 Å². The van der Waals surface area contributed by atoms with Gasteiger partial charge in [0.2, 0.25) is 23.1 Å². The first kappa shape index (κ1) is 13.1. The minimum absolute atomic E-state index is 0.0269. The molecule has 0 aliphatic heterocycles. The number of methoxy groups -OCH3 is 2. The number of allylic oxidation sites excluding steroid dienone is 2. The van der Waals surface area contributed by atoms with Gasteiger partial charge in [-0.05, 0) is 11.6 Å². The van der Waals surface area contributed by atoms with Crippen molar-refractivity contribution in [3.63, 3.8) is 0 Å². The second-order valence-corrected chi connectivity index (χ2v) is 4.09. The lowest BCUT2D eigenvalue weighted by molar-refractivity contribution is -0.120. The Morgan fingerprint density at radius 2 is 1.58 bits per heavy atom. The van der Waals surface area contributed by atoms with Crippen LogP contribution in [0.3, 0.4) is 0 Å². The van der Waals surface area contributed by atoms with Gasteiger partial charge in [0.05, 0.1) is 14.2 Å². The van der Waals surface area contributed by atoms with Crippen molar-refractivity contribution in [2.24, 2.45) is 0 Å². The molecule has 19 heavy (non-hydrogen) atoms. The van der Waals surface area contributed by atoms with E-state index >= 15 is 0 Å². The molecule has 4 nitrogen and oxygen atoms in total. The van der Waals surface area contributed by atoms with Crippen LogP contribution in [0, 0.1) is 0 Å². The maximum atomic E-state index is 12.2. The molecule has 1 aliphatic rings. The fraction of sp³-hybridized carbons (Fsp3) is 0.200. The first-order valence-corrected chi connectivity index (χ1v) is 5.83. The summed E-state index contributed by atoms with van der Waals surface area (Å²) in [6, 6.07) is 9.48. The molecule has 0 saturated heterocycles. The Morgan fingerprint density at radius 3 is 2.16 bits per heavy atom. The first-order chi connectivity index (χ1) is 9.17. The molecule has 0 bridgehead atoms. The highest BCUT2D eigenvalue weighted by atomic mass is 16.5. The molecule has 0 spiro atoms. The highest BCUT2D eigenvalue weighted by Gasteiger charge is 2.30. The van der Waals surface area contributed by atoms with E-state index in [0.29, 0.717) is 12.0 Å². The number of rotatable bonds is 4. The molecule has 1 aliphatic carbocycles. The van der Waals surface area contributed by atoms with Crippen LogP contribution in [0.1, 0.15) is 5.56 Å². The van der Waals surface area contributed by atoms with Crippen molar-refractivity contribution in [1.82, 2.24) is 0 Å². The van der Waals surface area contributed by atoms with Gasteiger partial charge in [-0.1, -0.05) is 30.3 Å². The quantitative estimate of drug-likeness (QED) is 0.773. The number of ether oxygens (including phenoxy) is 2. The Labute approximate surface area is 111 Å². The van der Waals surface area contributed by atoms with E-state index in [0.717, 1.165) is 5.56 Å². The number of carbonyl (C=O) groups excluding carboxylic acids is 2. The highest BCUT2D eigenvalue weighted by molar-refractivity contribution is 6.21. The summed E-state index contributed by atoms with van der Waals surface area (Å²) in [5, 5.41) is 0. The lowest BCUT2D eigenvalue weighted by Gasteiger charge is -2.16. The molecule has 0 N–H and O–H groups in total. The van der Waals surface area contributed by atoms with Gasteiger partial charge >= 0.3 is 0 Å². The van der Waals surface area contributed by atoms with Crippen molar-refractivity contribution in [1.29, 1.82) is 0 Å². The molecule has 0 atom stereocenters. The molecule has 0 amide bonds. The van der Waals surface area contributed by atoms with Gasteiger partial charge in [0.15, 0.2) is 0 Å². The topological polar surface area (TPSA) is 52.6 Å². The van der Waals surface area contributed by atoms with Crippen LogP contribution in [0.5, 0.6) is 0 Å². The summed E-state index contributed by atoms with van der Waals surface area (Å²) in [6.45, 7) is 0. The smallest absolute Gasteiger partial charge is 0.228 e. The lowest BCUT2D eigenvalue weighted by atomic mass is 9.94. The molecule has 0 radical (unpaired) electrons. The zero-order chi connectivity index (χ0) is 13.8. The maximum absolute atomic E-state index is 12.2. The molecule has 0 aromatic heterocycles. The van der Waals surface area contributed by atoms with Crippen molar-refractivity contribution in [2.75, 3.05) is 14.2 Å². The molecular formula is C15H14O4. The van der Waals surface area contributed by atoms with Crippen molar-refractivity contribution in [2.45, 2.75) is 6.42 Å². The Balaban J connectivity index is 2.30.